The van der Waals surface area contributed by atoms with Crippen LogP contribution >= 0.6 is 0 Å². The Morgan fingerprint density at radius 1 is 0.784 bits per heavy atom. The number of nitrogens with one attached hydrogen (secondary N) is 3. The van der Waals surface area contributed by atoms with Gasteiger partial charge in [0.2, 0.25) is 11.9 Å². The first-order chi connectivity index (χ1) is 17.6. The number of aromatic nitrogens is 4. The van der Waals surface area contributed by atoms with E-state index in [-0.39, 0.29) is 28.9 Å². The first kappa shape index (κ1) is 24.6. The Kier molecular flexibility index (Phi) is 6.27. The minimum atomic E-state index is -4.52. The molecule has 1 saturated heterocycles. The smallest absolute Gasteiger partial charge is 0.378 e. The number of anilines is 5. The molecular formula is C23H19F6N7O. The van der Waals surface area contributed by atoms with Crippen molar-refractivity contribution < 1.29 is 31.1 Å². The molecule has 5 rings (SSSR count). The van der Waals surface area contributed by atoms with Crippen LogP contribution in [0.25, 0.3) is 11.2 Å². The Labute approximate surface area is 205 Å². The molecule has 4 aromatic rings. The standard InChI is InChI=1S/C23H19F6N7O/c24-22(25,26)13-3-1-5-15(11-13)30-20-32-17-18(33-20)34-21(35-19(17)36-7-9-37-10-8-36)31-16-6-2-4-14(12-16)23(27,28)29/h1-6,11-12H,7-10H2,(H3,30,31,32,33,34,35). The first-order valence-corrected chi connectivity index (χ1v) is 11.1. The van der Waals surface area contributed by atoms with Gasteiger partial charge in [-0.05, 0) is 36.4 Å². The Bertz CT molecular complexity index is 1410. The van der Waals surface area contributed by atoms with Crippen molar-refractivity contribution in [2.45, 2.75) is 12.4 Å². The summed E-state index contributed by atoms with van der Waals surface area (Å²) in [6.45, 7) is 1.85. The van der Waals surface area contributed by atoms with Crippen LogP contribution in [0.2, 0.25) is 0 Å². The predicted molar refractivity (Wildman–Crippen MR) is 124 cm³/mol. The van der Waals surface area contributed by atoms with Gasteiger partial charge in [0.25, 0.3) is 0 Å². The molecule has 8 nitrogen and oxygen atoms in total. The number of ether oxygens (including phenoxy) is 1. The van der Waals surface area contributed by atoms with Crippen LogP contribution in [0.5, 0.6) is 0 Å². The van der Waals surface area contributed by atoms with Crippen molar-refractivity contribution in [3.8, 4) is 0 Å². The zero-order valence-electron chi connectivity index (χ0n) is 18.9. The van der Waals surface area contributed by atoms with Gasteiger partial charge in [-0.2, -0.15) is 41.3 Å². The van der Waals surface area contributed by atoms with Crippen LogP contribution in [0, 0.1) is 0 Å². The molecule has 0 bridgehead atoms. The molecule has 0 amide bonds. The van der Waals surface area contributed by atoms with E-state index >= 15 is 0 Å². The topological polar surface area (TPSA) is 91.0 Å². The summed E-state index contributed by atoms with van der Waals surface area (Å²) in [6.07, 6.45) is -9.03. The van der Waals surface area contributed by atoms with Crippen LogP contribution in [0.4, 0.5) is 55.4 Å². The van der Waals surface area contributed by atoms with Crippen LogP contribution in [-0.4, -0.2) is 46.2 Å². The number of fused-ring (bicyclic) bond motifs is 1. The maximum Gasteiger partial charge on any atom is 0.416 e. The van der Waals surface area contributed by atoms with E-state index in [4.69, 9.17) is 4.74 Å². The van der Waals surface area contributed by atoms with E-state index in [1.807, 2.05) is 4.90 Å². The number of alkyl halides is 6. The highest BCUT2D eigenvalue weighted by molar-refractivity contribution is 5.87. The molecule has 0 radical (unpaired) electrons. The molecule has 14 heteroatoms. The molecule has 0 atom stereocenters. The average Bonchev–Trinajstić information content (AvgIpc) is 3.25. The van der Waals surface area contributed by atoms with Crippen molar-refractivity contribution in [2.75, 3.05) is 41.8 Å². The summed E-state index contributed by atoms with van der Waals surface area (Å²) in [5.41, 5.74) is -0.808. The molecule has 37 heavy (non-hydrogen) atoms. The molecule has 0 saturated carbocycles. The SMILES string of the molecule is FC(F)(F)c1cccc(Nc2nc(N3CCOCC3)c3[nH]c(Nc4cccc(C(F)(F)F)c4)nc3n2)c1. The number of hydrogen-bond donors (Lipinski definition) is 3. The number of nitrogens with zero attached hydrogens (tertiary/aromatic N) is 4. The Balaban J connectivity index is 1.51. The minimum Gasteiger partial charge on any atom is -0.378 e. The fourth-order valence-corrected chi connectivity index (χ4v) is 3.81. The zero-order valence-corrected chi connectivity index (χ0v) is 18.9. The third-order valence-electron chi connectivity index (χ3n) is 5.54. The second-order valence-corrected chi connectivity index (χ2v) is 8.16. The molecule has 2 aromatic carbocycles. The monoisotopic (exact) mass is 523 g/mol. The molecule has 1 aliphatic heterocycles. The first-order valence-electron chi connectivity index (χ1n) is 11.1. The van der Waals surface area contributed by atoms with Gasteiger partial charge in [0.05, 0.1) is 24.3 Å². The lowest BCUT2D eigenvalue weighted by Crippen LogP contribution is -2.37. The highest BCUT2D eigenvalue weighted by Gasteiger charge is 2.31. The third kappa shape index (κ3) is 5.53. The van der Waals surface area contributed by atoms with Gasteiger partial charge in [0.1, 0.15) is 5.52 Å². The summed E-state index contributed by atoms with van der Waals surface area (Å²) in [5.74, 6) is 0.548. The summed E-state index contributed by atoms with van der Waals surface area (Å²) in [7, 11) is 0. The lowest BCUT2D eigenvalue weighted by atomic mass is 10.2. The van der Waals surface area contributed by atoms with Crippen molar-refractivity contribution in [3.63, 3.8) is 0 Å². The fraction of sp³-hybridized carbons (Fsp3) is 0.261. The zero-order chi connectivity index (χ0) is 26.2. The maximum atomic E-state index is 13.1. The quantitative estimate of drug-likeness (QED) is 0.289. The second kappa shape index (κ2) is 9.42. The highest BCUT2D eigenvalue weighted by Crippen LogP contribution is 2.33. The van der Waals surface area contributed by atoms with E-state index in [1.165, 1.54) is 24.3 Å². The maximum absolute atomic E-state index is 13.1. The Morgan fingerprint density at radius 3 is 1.97 bits per heavy atom. The molecule has 2 aromatic heterocycles. The molecule has 0 unspecified atom stereocenters. The number of aromatic amines is 1. The van der Waals surface area contributed by atoms with Crippen LogP contribution in [-0.2, 0) is 17.1 Å². The summed E-state index contributed by atoms with van der Waals surface area (Å²) in [4.78, 5) is 18.0. The lowest BCUT2D eigenvalue weighted by molar-refractivity contribution is -0.138. The van der Waals surface area contributed by atoms with Crippen molar-refractivity contribution in [1.29, 1.82) is 0 Å². The molecule has 3 N–H and O–H groups in total. The van der Waals surface area contributed by atoms with Gasteiger partial charge in [-0.1, -0.05) is 12.1 Å². The largest absolute Gasteiger partial charge is 0.416 e. The van der Waals surface area contributed by atoms with Crippen molar-refractivity contribution in [2.24, 2.45) is 0 Å². The van der Waals surface area contributed by atoms with Gasteiger partial charge in [-0.3, -0.25) is 0 Å². The average molecular weight is 523 g/mol. The van der Waals surface area contributed by atoms with Crippen LogP contribution in [0.1, 0.15) is 11.1 Å². The van der Waals surface area contributed by atoms with Crippen LogP contribution in [0.3, 0.4) is 0 Å². The van der Waals surface area contributed by atoms with Gasteiger partial charge < -0.3 is 25.3 Å². The van der Waals surface area contributed by atoms with Gasteiger partial charge in [-0.25, -0.2) is 0 Å². The van der Waals surface area contributed by atoms with Crippen LogP contribution < -0.4 is 15.5 Å². The number of halogens is 6. The van der Waals surface area contributed by atoms with Gasteiger partial charge >= 0.3 is 12.4 Å². The highest BCUT2D eigenvalue weighted by atomic mass is 19.4. The number of imidazole rings is 1. The molecular weight excluding hydrogens is 504 g/mol. The normalized spacial score (nSPS) is 14.7. The van der Waals surface area contributed by atoms with Crippen molar-refractivity contribution in [3.05, 3.63) is 59.7 Å². The van der Waals surface area contributed by atoms with E-state index in [9.17, 15) is 26.3 Å². The molecule has 1 aliphatic rings. The van der Waals surface area contributed by atoms with Gasteiger partial charge in [-0.15, -0.1) is 0 Å². The van der Waals surface area contributed by atoms with E-state index in [0.717, 1.165) is 24.3 Å². The van der Waals surface area contributed by atoms with Crippen molar-refractivity contribution >= 4 is 40.3 Å². The van der Waals surface area contributed by atoms with Crippen molar-refractivity contribution in [1.82, 2.24) is 19.9 Å². The second-order valence-electron chi connectivity index (χ2n) is 8.16. The number of benzene rings is 2. The number of hydrogen-bond acceptors (Lipinski definition) is 7. The third-order valence-corrected chi connectivity index (χ3v) is 5.54. The molecule has 0 spiro atoms. The lowest BCUT2D eigenvalue weighted by Gasteiger charge is -2.28. The van der Waals surface area contributed by atoms with Gasteiger partial charge in [0.15, 0.2) is 11.5 Å². The van der Waals surface area contributed by atoms with E-state index in [1.54, 1.807) is 0 Å². The van der Waals surface area contributed by atoms with Crippen LogP contribution in [0.15, 0.2) is 48.5 Å². The predicted octanol–water partition coefficient (Wildman–Crippen LogP) is 5.71. The summed E-state index contributed by atoms with van der Waals surface area (Å²) in [6, 6.07) is 9.23. The summed E-state index contributed by atoms with van der Waals surface area (Å²) >= 11 is 0. The minimum absolute atomic E-state index is 0.00503. The fourth-order valence-electron chi connectivity index (χ4n) is 3.81. The summed E-state index contributed by atoms with van der Waals surface area (Å²) in [5, 5.41) is 5.60. The number of H-pyrrole nitrogens is 1. The van der Waals surface area contributed by atoms with Gasteiger partial charge in [0, 0.05) is 24.5 Å². The molecule has 1 fully saturated rings. The Hall–Kier alpha value is -4.07. The Morgan fingerprint density at radius 2 is 1.38 bits per heavy atom. The molecule has 194 valence electrons. The van der Waals surface area contributed by atoms with E-state index < -0.39 is 23.5 Å². The number of rotatable bonds is 5. The van der Waals surface area contributed by atoms with E-state index in [2.05, 4.69) is 30.6 Å². The summed E-state index contributed by atoms with van der Waals surface area (Å²) < 4.78 is 84.1. The van der Waals surface area contributed by atoms with E-state index in [0.29, 0.717) is 37.6 Å². The molecule has 3 heterocycles. The molecule has 0 aliphatic carbocycles. The number of morpholine rings is 1.